The molecule has 0 unspecified atom stereocenters. The maximum Gasteiger partial charge on any atom is 0.171 e. The molecule has 6 rings (SSSR count). The fourth-order valence-corrected chi connectivity index (χ4v) is 9.74. The second kappa shape index (κ2) is 7.04. The highest BCUT2D eigenvalue weighted by Gasteiger charge is 2.68. The quantitative estimate of drug-likeness (QED) is 0.593. The first-order valence-corrected chi connectivity index (χ1v) is 13.1. The van der Waals surface area contributed by atoms with E-state index in [2.05, 4.69) is 26.8 Å². The molecule has 4 nitrogen and oxygen atoms in total. The Bertz CT molecular complexity index is 754. The van der Waals surface area contributed by atoms with Crippen molar-refractivity contribution in [2.24, 2.45) is 46.3 Å². The minimum Gasteiger partial charge on any atom is -0.396 e. The van der Waals surface area contributed by atoms with E-state index in [1.807, 2.05) is 0 Å². The molecule has 31 heavy (non-hydrogen) atoms. The van der Waals surface area contributed by atoms with E-state index in [4.69, 9.17) is 9.47 Å². The monoisotopic (exact) mass is 430 g/mol. The zero-order valence-electron chi connectivity index (χ0n) is 19.7. The highest BCUT2D eigenvalue weighted by molar-refractivity contribution is 5.26. The van der Waals surface area contributed by atoms with Crippen molar-refractivity contribution in [3.8, 4) is 0 Å². The molecule has 0 radical (unpaired) electrons. The van der Waals surface area contributed by atoms with Gasteiger partial charge in [0, 0.05) is 24.9 Å². The number of allylic oxidation sites excluding steroid dienone is 1. The molecule has 5 fully saturated rings. The van der Waals surface area contributed by atoms with Gasteiger partial charge in [-0.15, -0.1) is 0 Å². The molecule has 6 aliphatic rings. The van der Waals surface area contributed by atoms with Crippen LogP contribution in [0.2, 0.25) is 0 Å². The van der Waals surface area contributed by atoms with Crippen molar-refractivity contribution < 1.29 is 19.7 Å². The van der Waals surface area contributed by atoms with Gasteiger partial charge in [-0.05, 0) is 85.9 Å². The van der Waals surface area contributed by atoms with E-state index in [-0.39, 0.29) is 18.6 Å². The summed E-state index contributed by atoms with van der Waals surface area (Å²) in [7, 11) is 0. The summed E-state index contributed by atoms with van der Waals surface area (Å²) in [5.41, 5.74) is 2.22. The van der Waals surface area contributed by atoms with E-state index in [9.17, 15) is 10.2 Å². The first-order chi connectivity index (χ1) is 14.8. The molecule has 0 bridgehead atoms. The minimum atomic E-state index is -0.406. The van der Waals surface area contributed by atoms with Crippen LogP contribution in [0.1, 0.15) is 78.6 Å². The molecule has 2 N–H and O–H groups in total. The predicted molar refractivity (Wildman–Crippen MR) is 119 cm³/mol. The van der Waals surface area contributed by atoms with Gasteiger partial charge in [0.1, 0.15) is 0 Å². The average Bonchev–Trinajstić information content (AvgIpc) is 3.20. The molecule has 1 spiro atoms. The lowest BCUT2D eigenvalue weighted by molar-refractivity contribution is -0.275. The van der Waals surface area contributed by atoms with Crippen molar-refractivity contribution >= 4 is 0 Å². The van der Waals surface area contributed by atoms with E-state index in [0.29, 0.717) is 35.4 Å². The Balaban J connectivity index is 1.26. The Hall–Kier alpha value is -0.420. The van der Waals surface area contributed by atoms with Crippen LogP contribution in [0.3, 0.4) is 0 Å². The van der Waals surface area contributed by atoms with Gasteiger partial charge in [-0.3, -0.25) is 0 Å². The second-order valence-electron chi connectivity index (χ2n) is 12.6. The summed E-state index contributed by atoms with van der Waals surface area (Å²) < 4.78 is 13.2. The largest absolute Gasteiger partial charge is 0.396 e. The van der Waals surface area contributed by atoms with Crippen molar-refractivity contribution in [1.82, 2.24) is 0 Å². The summed E-state index contributed by atoms with van der Waals surface area (Å²) >= 11 is 0. The van der Waals surface area contributed by atoms with Gasteiger partial charge in [-0.2, -0.15) is 0 Å². The highest BCUT2D eigenvalue weighted by atomic mass is 16.7. The summed E-state index contributed by atoms with van der Waals surface area (Å²) in [5, 5.41) is 19.8. The van der Waals surface area contributed by atoms with Gasteiger partial charge in [-0.25, -0.2) is 0 Å². The molecule has 0 amide bonds. The third-order valence-corrected chi connectivity index (χ3v) is 11.5. The Labute approximate surface area is 187 Å². The van der Waals surface area contributed by atoms with Crippen LogP contribution in [-0.2, 0) is 9.47 Å². The number of ether oxygens (including phenoxy) is 2. The smallest absolute Gasteiger partial charge is 0.171 e. The lowest BCUT2D eigenvalue weighted by Crippen LogP contribution is -2.52. The topological polar surface area (TPSA) is 58.9 Å². The fraction of sp³-hybridized carbons (Fsp3) is 0.926. The highest BCUT2D eigenvalue weighted by Crippen LogP contribution is 2.70. The molecule has 11 atom stereocenters. The van der Waals surface area contributed by atoms with Gasteiger partial charge in [-0.1, -0.05) is 32.4 Å². The second-order valence-corrected chi connectivity index (χ2v) is 12.6. The third kappa shape index (κ3) is 2.80. The van der Waals surface area contributed by atoms with Crippen molar-refractivity contribution in [3.05, 3.63) is 11.6 Å². The number of hydrogen-bond donors (Lipinski definition) is 2. The van der Waals surface area contributed by atoms with E-state index >= 15 is 0 Å². The molecule has 2 saturated heterocycles. The van der Waals surface area contributed by atoms with Crippen molar-refractivity contribution in [3.63, 3.8) is 0 Å². The van der Waals surface area contributed by atoms with Crippen LogP contribution in [0.15, 0.2) is 11.6 Å². The Morgan fingerprint density at radius 2 is 1.94 bits per heavy atom. The number of hydrogen-bond acceptors (Lipinski definition) is 4. The molecule has 4 heteroatoms. The van der Waals surface area contributed by atoms with Crippen LogP contribution in [0.5, 0.6) is 0 Å². The molecule has 2 aliphatic heterocycles. The van der Waals surface area contributed by atoms with Crippen LogP contribution in [0.4, 0.5) is 0 Å². The van der Waals surface area contributed by atoms with E-state index in [0.717, 1.165) is 49.9 Å². The Morgan fingerprint density at radius 3 is 2.68 bits per heavy atom. The maximum absolute atomic E-state index is 10.3. The zero-order chi connectivity index (χ0) is 21.6. The third-order valence-electron chi connectivity index (χ3n) is 11.5. The normalized spacial score (nSPS) is 58.3. The minimum absolute atomic E-state index is 0.123. The van der Waals surface area contributed by atoms with Crippen molar-refractivity contribution in [2.75, 3.05) is 13.2 Å². The predicted octanol–water partition coefficient (Wildman–Crippen LogP) is 4.69. The standard InChI is InChI=1S/C27H42O4/c1-16-24-23(31-27(16)11-6-17(14-28)15-30-27)13-22-20-5-4-18-12-19(29)7-9-25(18,2)21(20)8-10-26(22,24)3/h4,16-17,19-24,28-29H,5-15H2,1-3H3/t16-,17+,19-,20+,21+,22-,23-,24-,25-,26-,27+/m0/s1. The molecular weight excluding hydrogens is 388 g/mol. The van der Waals surface area contributed by atoms with Crippen LogP contribution in [0, 0.1) is 46.3 Å². The first-order valence-electron chi connectivity index (χ1n) is 13.1. The summed E-state index contributed by atoms with van der Waals surface area (Å²) in [5.74, 6) is 3.18. The van der Waals surface area contributed by atoms with Gasteiger partial charge < -0.3 is 19.7 Å². The number of aliphatic hydroxyl groups is 2. The van der Waals surface area contributed by atoms with Gasteiger partial charge in [0.25, 0.3) is 0 Å². The number of fused-ring (bicyclic) bond motifs is 7. The molecular formula is C27H42O4. The molecule has 2 heterocycles. The summed E-state index contributed by atoms with van der Waals surface area (Å²) in [4.78, 5) is 0. The molecule has 0 aromatic carbocycles. The molecule has 0 aromatic heterocycles. The summed E-state index contributed by atoms with van der Waals surface area (Å²) in [6.45, 7) is 8.37. The molecule has 4 aliphatic carbocycles. The summed E-state index contributed by atoms with van der Waals surface area (Å²) in [6.07, 6.45) is 12.8. The zero-order valence-corrected chi connectivity index (χ0v) is 19.7. The number of rotatable bonds is 1. The average molecular weight is 431 g/mol. The van der Waals surface area contributed by atoms with Gasteiger partial charge in [0.2, 0.25) is 0 Å². The Morgan fingerprint density at radius 1 is 1.10 bits per heavy atom. The van der Waals surface area contributed by atoms with E-state index in [1.165, 1.54) is 25.7 Å². The maximum atomic E-state index is 10.3. The first kappa shape index (κ1) is 21.1. The number of aliphatic hydroxyl groups excluding tert-OH is 2. The molecule has 0 aromatic rings. The van der Waals surface area contributed by atoms with Gasteiger partial charge in [0.15, 0.2) is 5.79 Å². The van der Waals surface area contributed by atoms with E-state index in [1.54, 1.807) is 5.57 Å². The molecule has 174 valence electrons. The van der Waals surface area contributed by atoms with Crippen molar-refractivity contribution in [1.29, 1.82) is 0 Å². The van der Waals surface area contributed by atoms with Crippen LogP contribution in [-0.4, -0.2) is 41.4 Å². The summed E-state index contributed by atoms with van der Waals surface area (Å²) in [6, 6.07) is 0. The Kier molecular flexibility index (Phi) is 4.80. The van der Waals surface area contributed by atoms with Gasteiger partial charge in [0.05, 0.1) is 18.8 Å². The fourth-order valence-electron chi connectivity index (χ4n) is 9.74. The molecule has 3 saturated carbocycles. The van der Waals surface area contributed by atoms with Crippen LogP contribution in [0.25, 0.3) is 0 Å². The van der Waals surface area contributed by atoms with Crippen LogP contribution < -0.4 is 0 Å². The lowest BCUT2D eigenvalue weighted by atomic mass is 9.47. The van der Waals surface area contributed by atoms with Crippen molar-refractivity contribution in [2.45, 2.75) is 96.6 Å². The lowest BCUT2D eigenvalue weighted by Gasteiger charge is -2.58. The van der Waals surface area contributed by atoms with Gasteiger partial charge >= 0.3 is 0 Å². The van der Waals surface area contributed by atoms with E-state index < -0.39 is 5.79 Å². The SMILES string of the molecule is C[C@H]1[C@H]2[C@H](C[C@H]3[C@@H]4CC=C5C[C@@H](O)CC[C@]5(C)[C@@H]4CC[C@]23C)O[C@]12CC[C@H](CO)CO2. The van der Waals surface area contributed by atoms with Crippen LogP contribution >= 0.6 is 0 Å².